The predicted octanol–water partition coefficient (Wildman–Crippen LogP) is 1.21. The molecule has 1 rings (SSSR count). The normalized spacial score (nSPS) is 30.2. The molecule has 0 aliphatic heterocycles. The van der Waals surface area contributed by atoms with Crippen molar-refractivity contribution in [1.82, 2.24) is 10.2 Å². The Balaban J connectivity index is 2.43. The van der Waals surface area contributed by atoms with Gasteiger partial charge in [0.1, 0.15) is 0 Å². The summed E-state index contributed by atoms with van der Waals surface area (Å²) in [4.78, 5) is 14.4. The van der Waals surface area contributed by atoms with Crippen LogP contribution in [0, 0.1) is 11.8 Å². The zero-order valence-corrected chi connectivity index (χ0v) is 12.3. The largest absolute Gasteiger partial charge is 0.353 e. The van der Waals surface area contributed by atoms with E-state index >= 15 is 0 Å². The smallest absolute Gasteiger partial charge is 0.225 e. The predicted molar refractivity (Wildman–Crippen MR) is 75.3 cm³/mol. The van der Waals surface area contributed by atoms with E-state index in [4.69, 9.17) is 5.73 Å². The first kappa shape index (κ1) is 15.4. The number of amides is 1. The molecule has 0 aromatic heterocycles. The average Bonchev–Trinajstić information content (AvgIpc) is 2.26. The van der Waals surface area contributed by atoms with Gasteiger partial charge in [-0.05, 0) is 52.7 Å². The van der Waals surface area contributed by atoms with Crippen molar-refractivity contribution in [3.63, 3.8) is 0 Å². The third-order valence-electron chi connectivity index (χ3n) is 3.97. The third kappa shape index (κ3) is 4.58. The molecule has 1 saturated carbocycles. The lowest BCUT2D eigenvalue weighted by Gasteiger charge is -2.34. The monoisotopic (exact) mass is 255 g/mol. The summed E-state index contributed by atoms with van der Waals surface area (Å²) in [7, 11) is 4.10. The molecule has 0 radical (unpaired) electrons. The first-order chi connectivity index (χ1) is 8.41. The third-order valence-corrected chi connectivity index (χ3v) is 3.97. The van der Waals surface area contributed by atoms with Gasteiger partial charge < -0.3 is 16.0 Å². The summed E-state index contributed by atoms with van der Waals surface area (Å²) in [5.41, 5.74) is 6.10. The van der Waals surface area contributed by atoms with Gasteiger partial charge in [0, 0.05) is 12.1 Å². The molecule has 0 saturated heterocycles. The van der Waals surface area contributed by atoms with Crippen molar-refractivity contribution in [2.75, 3.05) is 20.6 Å². The number of hydrogen-bond acceptors (Lipinski definition) is 3. The highest BCUT2D eigenvalue weighted by Crippen LogP contribution is 2.29. The number of nitrogens with zero attached hydrogens (tertiary/aromatic N) is 1. The lowest BCUT2D eigenvalue weighted by molar-refractivity contribution is -0.128. The van der Waals surface area contributed by atoms with Gasteiger partial charge in [0.05, 0.1) is 5.92 Å². The first-order valence-electron chi connectivity index (χ1n) is 7.12. The van der Waals surface area contributed by atoms with Crippen LogP contribution in [0.2, 0.25) is 0 Å². The van der Waals surface area contributed by atoms with Crippen molar-refractivity contribution in [3.05, 3.63) is 0 Å². The second-order valence-electron chi connectivity index (χ2n) is 6.10. The molecule has 1 fully saturated rings. The Hall–Kier alpha value is -0.610. The molecule has 3 N–H and O–H groups in total. The maximum Gasteiger partial charge on any atom is 0.225 e. The highest BCUT2D eigenvalue weighted by atomic mass is 16.2. The highest BCUT2D eigenvalue weighted by Gasteiger charge is 2.34. The second kappa shape index (κ2) is 7.10. The van der Waals surface area contributed by atoms with Crippen molar-refractivity contribution >= 4 is 5.91 Å². The van der Waals surface area contributed by atoms with E-state index in [0.717, 1.165) is 32.2 Å². The van der Waals surface area contributed by atoms with Crippen LogP contribution in [0.5, 0.6) is 0 Å². The van der Waals surface area contributed by atoms with Crippen LogP contribution in [0.3, 0.4) is 0 Å². The zero-order chi connectivity index (χ0) is 13.7. The summed E-state index contributed by atoms with van der Waals surface area (Å²) in [6.45, 7) is 5.21. The van der Waals surface area contributed by atoms with Crippen molar-refractivity contribution in [2.24, 2.45) is 17.6 Å². The first-order valence-corrected chi connectivity index (χ1v) is 7.12. The van der Waals surface area contributed by atoms with E-state index in [1.165, 1.54) is 0 Å². The fourth-order valence-electron chi connectivity index (χ4n) is 2.77. The fourth-order valence-corrected chi connectivity index (χ4v) is 2.77. The minimum absolute atomic E-state index is 0.000515. The van der Waals surface area contributed by atoms with Gasteiger partial charge in [0.25, 0.3) is 0 Å². The Morgan fingerprint density at radius 3 is 2.67 bits per heavy atom. The molecule has 0 heterocycles. The Bertz CT molecular complexity index is 258. The number of rotatable bonds is 5. The minimum Gasteiger partial charge on any atom is -0.353 e. The van der Waals surface area contributed by atoms with Gasteiger partial charge in [-0.25, -0.2) is 0 Å². The van der Waals surface area contributed by atoms with Gasteiger partial charge in [-0.15, -0.1) is 0 Å². The van der Waals surface area contributed by atoms with E-state index in [2.05, 4.69) is 24.1 Å². The Labute approximate surface area is 111 Å². The number of carbonyl (C=O) groups is 1. The minimum atomic E-state index is 0.000515. The second-order valence-corrected chi connectivity index (χ2v) is 6.10. The SMILES string of the molecule is CC(CCN(C)C)NC(=O)C1C(C)CCCC1N. The summed E-state index contributed by atoms with van der Waals surface area (Å²) >= 11 is 0. The lowest BCUT2D eigenvalue weighted by atomic mass is 9.76. The molecule has 4 nitrogen and oxygen atoms in total. The molecule has 4 unspecified atom stereocenters. The van der Waals surface area contributed by atoms with E-state index in [1.807, 2.05) is 14.1 Å². The maximum atomic E-state index is 12.3. The van der Waals surface area contributed by atoms with E-state index in [0.29, 0.717) is 5.92 Å². The van der Waals surface area contributed by atoms with Gasteiger partial charge in [-0.2, -0.15) is 0 Å². The van der Waals surface area contributed by atoms with Crippen LogP contribution in [0.25, 0.3) is 0 Å². The van der Waals surface area contributed by atoms with Crippen molar-refractivity contribution in [1.29, 1.82) is 0 Å². The topological polar surface area (TPSA) is 58.4 Å². The molecule has 1 aliphatic rings. The average molecular weight is 255 g/mol. The molecule has 1 amide bonds. The molecular weight excluding hydrogens is 226 g/mol. The van der Waals surface area contributed by atoms with Crippen LogP contribution < -0.4 is 11.1 Å². The summed E-state index contributed by atoms with van der Waals surface area (Å²) in [5.74, 6) is 0.566. The molecule has 0 aromatic rings. The standard InChI is InChI=1S/C14H29N3O/c1-10-6-5-7-12(15)13(10)14(18)16-11(2)8-9-17(3)4/h10-13H,5-9,15H2,1-4H3,(H,16,18). The molecule has 0 aromatic carbocycles. The molecule has 106 valence electrons. The van der Waals surface area contributed by atoms with Gasteiger partial charge in [0.15, 0.2) is 0 Å². The van der Waals surface area contributed by atoms with E-state index < -0.39 is 0 Å². The molecule has 1 aliphatic carbocycles. The van der Waals surface area contributed by atoms with Crippen LogP contribution in [-0.2, 0) is 4.79 Å². The zero-order valence-electron chi connectivity index (χ0n) is 12.3. The number of nitrogens with one attached hydrogen (secondary N) is 1. The highest BCUT2D eigenvalue weighted by molar-refractivity contribution is 5.80. The van der Waals surface area contributed by atoms with Crippen LogP contribution in [0.1, 0.15) is 39.5 Å². The van der Waals surface area contributed by atoms with E-state index in [9.17, 15) is 4.79 Å². The Morgan fingerprint density at radius 2 is 2.11 bits per heavy atom. The molecule has 0 bridgehead atoms. The number of hydrogen-bond donors (Lipinski definition) is 2. The van der Waals surface area contributed by atoms with Gasteiger partial charge in [0.2, 0.25) is 5.91 Å². The molecule has 4 atom stereocenters. The Kier molecular flexibility index (Phi) is 6.09. The molecule has 18 heavy (non-hydrogen) atoms. The van der Waals surface area contributed by atoms with Crippen molar-refractivity contribution < 1.29 is 4.79 Å². The Morgan fingerprint density at radius 1 is 1.44 bits per heavy atom. The summed E-state index contributed by atoms with van der Waals surface area (Å²) in [6, 6.07) is 0.260. The van der Waals surface area contributed by atoms with Crippen LogP contribution in [0.15, 0.2) is 0 Å². The van der Waals surface area contributed by atoms with Crippen molar-refractivity contribution in [3.8, 4) is 0 Å². The van der Waals surface area contributed by atoms with E-state index in [1.54, 1.807) is 0 Å². The molecular formula is C14H29N3O. The van der Waals surface area contributed by atoms with Crippen LogP contribution >= 0.6 is 0 Å². The number of nitrogens with two attached hydrogens (primary N) is 1. The summed E-state index contributed by atoms with van der Waals surface area (Å²) < 4.78 is 0. The van der Waals surface area contributed by atoms with Gasteiger partial charge in [-0.1, -0.05) is 13.3 Å². The van der Waals surface area contributed by atoms with Gasteiger partial charge >= 0.3 is 0 Å². The van der Waals surface area contributed by atoms with Crippen molar-refractivity contribution in [2.45, 2.75) is 51.6 Å². The summed E-state index contributed by atoms with van der Waals surface area (Å²) in [6.07, 6.45) is 4.24. The lowest BCUT2D eigenvalue weighted by Crippen LogP contribution is -2.49. The van der Waals surface area contributed by atoms with Gasteiger partial charge in [-0.3, -0.25) is 4.79 Å². The van der Waals surface area contributed by atoms with Crippen LogP contribution in [0.4, 0.5) is 0 Å². The maximum absolute atomic E-state index is 12.3. The van der Waals surface area contributed by atoms with Crippen LogP contribution in [-0.4, -0.2) is 43.5 Å². The molecule has 4 heteroatoms. The number of carbonyl (C=O) groups excluding carboxylic acids is 1. The fraction of sp³-hybridized carbons (Fsp3) is 0.929. The van der Waals surface area contributed by atoms with E-state index in [-0.39, 0.29) is 23.9 Å². The molecule has 0 spiro atoms. The summed E-state index contributed by atoms with van der Waals surface area (Å²) in [5, 5.41) is 3.12. The quantitative estimate of drug-likeness (QED) is 0.776.